The van der Waals surface area contributed by atoms with E-state index >= 15 is 0 Å². The third kappa shape index (κ3) is 3.63. The summed E-state index contributed by atoms with van der Waals surface area (Å²) in [6.07, 6.45) is 8.16. The number of nitrogens with two attached hydrogens (primary N) is 2. The van der Waals surface area contributed by atoms with Gasteiger partial charge in [-0.15, -0.1) is 0 Å². The lowest BCUT2D eigenvalue weighted by molar-refractivity contribution is 0.232. The van der Waals surface area contributed by atoms with Crippen LogP contribution in [0.2, 0.25) is 5.02 Å². The molecule has 1 spiro atoms. The van der Waals surface area contributed by atoms with Gasteiger partial charge in [0.05, 0.1) is 5.02 Å². The van der Waals surface area contributed by atoms with E-state index in [0.29, 0.717) is 15.3 Å². The zero-order valence-electron chi connectivity index (χ0n) is 15.6. The molecule has 1 fully saturated rings. The number of nitrogen functional groups attached to an aromatic ring is 2. The minimum absolute atomic E-state index is 0.173. The monoisotopic (exact) mass is 420 g/mol. The van der Waals surface area contributed by atoms with Crippen molar-refractivity contribution in [1.82, 2.24) is 15.0 Å². The zero-order valence-corrected chi connectivity index (χ0v) is 17.2. The highest BCUT2D eigenvalue weighted by Crippen LogP contribution is 2.46. The molecule has 4 rings (SSSR count). The summed E-state index contributed by atoms with van der Waals surface area (Å²) in [6.45, 7) is 3.70. The van der Waals surface area contributed by atoms with Gasteiger partial charge in [-0.2, -0.15) is 4.39 Å². The summed E-state index contributed by atoms with van der Waals surface area (Å²) in [5.74, 6) is -0.0214. The van der Waals surface area contributed by atoms with Gasteiger partial charge in [-0.25, -0.2) is 15.0 Å². The predicted octanol–water partition coefficient (Wildman–Crippen LogP) is 4.31. The smallest absolute Gasteiger partial charge is 0.257 e. The molecule has 0 amide bonds. The topological polar surface area (TPSA) is 94.0 Å². The van der Waals surface area contributed by atoms with Crippen LogP contribution in [0.3, 0.4) is 0 Å². The molecule has 6 nitrogen and oxygen atoms in total. The fourth-order valence-electron chi connectivity index (χ4n) is 4.01. The Morgan fingerprint density at radius 1 is 1.21 bits per heavy atom. The van der Waals surface area contributed by atoms with Crippen LogP contribution in [-0.4, -0.2) is 28.0 Å². The van der Waals surface area contributed by atoms with Crippen molar-refractivity contribution in [3.05, 3.63) is 34.9 Å². The van der Waals surface area contributed by atoms with Crippen LogP contribution >= 0.6 is 23.4 Å². The van der Waals surface area contributed by atoms with Crippen molar-refractivity contribution in [3.8, 4) is 0 Å². The van der Waals surface area contributed by atoms with Crippen LogP contribution < -0.4 is 16.4 Å². The maximum absolute atomic E-state index is 14.8. The summed E-state index contributed by atoms with van der Waals surface area (Å²) < 4.78 is 14.8. The zero-order chi connectivity index (χ0) is 19.9. The van der Waals surface area contributed by atoms with Gasteiger partial charge in [0.2, 0.25) is 0 Å². The molecule has 28 heavy (non-hydrogen) atoms. The van der Waals surface area contributed by atoms with E-state index in [1.165, 1.54) is 11.8 Å². The first-order valence-electron chi connectivity index (χ1n) is 9.18. The van der Waals surface area contributed by atoms with Gasteiger partial charge in [0.1, 0.15) is 10.8 Å². The Morgan fingerprint density at radius 2 is 1.96 bits per heavy atom. The molecule has 1 saturated heterocycles. The number of nitrogens with zero attached hydrogens (tertiary/aromatic N) is 4. The average molecular weight is 421 g/mol. The lowest BCUT2D eigenvalue weighted by atomic mass is 9.76. The van der Waals surface area contributed by atoms with Crippen molar-refractivity contribution in [1.29, 1.82) is 0 Å². The Bertz CT molecular complexity index is 942. The number of rotatable bonds is 3. The van der Waals surface area contributed by atoms with Gasteiger partial charge in [-0.3, -0.25) is 0 Å². The standard InChI is InChI=1S/C19H22ClFN6S/c1-11-2-4-19(10-11)5-8-27(9-6-19)17-14(21)25-18(16(23)26-17)28-12-3-7-24-15(22)13(12)20/h2-3,7H,4-6,8-10H2,1H3,(H2,22,24)(H2,23,26). The van der Waals surface area contributed by atoms with Crippen molar-refractivity contribution in [3.63, 3.8) is 0 Å². The molecule has 2 aliphatic rings. The molecular weight excluding hydrogens is 399 g/mol. The van der Waals surface area contributed by atoms with Crippen LogP contribution in [0.1, 0.15) is 32.6 Å². The summed E-state index contributed by atoms with van der Waals surface area (Å²) in [4.78, 5) is 14.8. The molecule has 0 bridgehead atoms. The third-order valence-electron chi connectivity index (χ3n) is 5.58. The van der Waals surface area contributed by atoms with Gasteiger partial charge in [-0.05, 0) is 44.1 Å². The van der Waals surface area contributed by atoms with Crippen LogP contribution in [0.4, 0.5) is 21.8 Å². The molecule has 148 valence electrons. The molecule has 0 atom stereocenters. The normalized spacial score (nSPS) is 18.5. The van der Waals surface area contributed by atoms with Gasteiger partial charge in [0.25, 0.3) is 5.95 Å². The second-order valence-electron chi connectivity index (χ2n) is 7.56. The maximum atomic E-state index is 14.8. The highest BCUT2D eigenvalue weighted by atomic mass is 35.5. The first-order chi connectivity index (χ1) is 13.4. The van der Waals surface area contributed by atoms with Crippen molar-refractivity contribution >= 4 is 40.8 Å². The van der Waals surface area contributed by atoms with E-state index in [1.807, 2.05) is 4.90 Å². The number of hydrogen-bond acceptors (Lipinski definition) is 7. The van der Waals surface area contributed by atoms with Crippen LogP contribution in [-0.2, 0) is 0 Å². The maximum Gasteiger partial charge on any atom is 0.257 e. The molecule has 9 heteroatoms. The van der Waals surface area contributed by atoms with Crippen LogP contribution in [0.5, 0.6) is 0 Å². The second-order valence-corrected chi connectivity index (χ2v) is 8.97. The molecule has 1 aliphatic heterocycles. The molecule has 3 heterocycles. The number of aromatic nitrogens is 3. The minimum Gasteiger partial charge on any atom is -0.382 e. The number of piperidine rings is 1. The molecule has 4 N–H and O–H groups in total. The molecule has 1 aliphatic carbocycles. The van der Waals surface area contributed by atoms with E-state index in [-0.39, 0.29) is 22.5 Å². The molecular formula is C19H22ClFN6S. The summed E-state index contributed by atoms with van der Waals surface area (Å²) >= 11 is 7.28. The number of halogens is 2. The van der Waals surface area contributed by atoms with Crippen LogP contribution in [0.25, 0.3) is 0 Å². The van der Waals surface area contributed by atoms with Gasteiger partial charge in [-0.1, -0.05) is 35.0 Å². The van der Waals surface area contributed by atoms with E-state index in [2.05, 4.69) is 28.0 Å². The molecule has 0 unspecified atom stereocenters. The van der Waals surface area contributed by atoms with E-state index < -0.39 is 5.95 Å². The van der Waals surface area contributed by atoms with Crippen molar-refractivity contribution in [2.24, 2.45) is 5.41 Å². The molecule has 2 aromatic rings. The van der Waals surface area contributed by atoms with Gasteiger partial charge in [0, 0.05) is 24.2 Å². The van der Waals surface area contributed by atoms with Gasteiger partial charge in [0.15, 0.2) is 11.6 Å². The summed E-state index contributed by atoms with van der Waals surface area (Å²) in [5.41, 5.74) is 13.6. The van der Waals surface area contributed by atoms with Crippen molar-refractivity contribution in [2.45, 2.75) is 42.5 Å². The number of allylic oxidation sites excluding steroid dienone is 2. The molecule has 0 radical (unpaired) electrons. The Morgan fingerprint density at radius 3 is 2.64 bits per heavy atom. The predicted molar refractivity (Wildman–Crippen MR) is 111 cm³/mol. The Balaban J connectivity index is 1.51. The van der Waals surface area contributed by atoms with E-state index in [9.17, 15) is 4.39 Å². The Labute approximate surface area is 172 Å². The lowest BCUT2D eigenvalue weighted by Gasteiger charge is -2.40. The van der Waals surface area contributed by atoms with Crippen molar-refractivity contribution in [2.75, 3.05) is 29.5 Å². The first kappa shape index (κ1) is 19.3. The third-order valence-corrected chi connectivity index (χ3v) is 7.14. The average Bonchev–Trinajstić information content (AvgIpc) is 3.03. The highest BCUT2D eigenvalue weighted by molar-refractivity contribution is 7.99. The Hall–Kier alpha value is -2.06. The van der Waals surface area contributed by atoms with E-state index in [0.717, 1.165) is 50.5 Å². The largest absolute Gasteiger partial charge is 0.382 e. The molecule has 0 aromatic carbocycles. The fraction of sp³-hybridized carbons (Fsp3) is 0.421. The van der Waals surface area contributed by atoms with Crippen molar-refractivity contribution < 1.29 is 4.39 Å². The summed E-state index contributed by atoms with van der Waals surface area (Å²) in [5, 5.41) is 0.554. The second kappa shape index (κ2) is 7.40. The van der Waals surface area contributed by atoms with E-state index in [4.69, 9.17) is 23.1 Å². The number of hydrogen-bond donors (Lipinski definition) is 2. The fourth-order valence-corrected chi connectivity index (χ4v) is 5.04. The quantitative estimate of drug-likeness (QED) is 0.714. The SMILES string of the molecule is CC1=CCC2(CCN(c3nc(N)c(Sc4ccnc(N)c4Cl)nc3F)CC2)C1. The Kier molecular flexibility index (Phi) is 5.09. The first-order valence-corrected chi connectivity index (χ1v) is 10.4. The molecule has 0 saturated carbocycles. The highest BCUT2D eigenvalue weighted by Gasteiger charge is 2.37. The summed E-state index contributed by atoms with van der Waals surface area (Å²) in [7, 11) is 0. The van der Waals surface area contributed by atoms with Crippen LogP contribution in [0, 0.1) is 11.4 Å². The minimum atomic E-state index is -0.619. The van der Waals surface area contributed by atoms with Crippen LogP contribution in [0.15, 0.2) is 33.8 Å². The number of pyridine rings is 1. The number of anilines is 3. The summed E-state index contributed by atoms with van der Waals surface area (Å²) in [6, 6.07) is 1.68. The lowest BCUT2D eigenvalue weighted by Crippen LogP contribution is -2.40. The van der Waals surface area contributed by atoms with Gasteiger partial charge >= 0.3 is 0 Å². The molecule has 2 aromatic heterocycles. The van der Waals surface area contributed by atoms with Gasteiger partial charge < -0.3 is 16.4 Å². The van der Waals surface area contributed by atoms with E-state index in [1.54, 1.807) is 6.07 Å².